The summed E-state index contributed by atoms with van der Waals surface area (Å²) in [5.74, 6) is 2.09. The number of carbonyl (C=O) groups excluding carboxylic acids is 1. The van der Waals surface area contributed by atoms with Crippen molar-refractivity contribution in [2.24, 2.45) is 0 Å². The molecule has 0 spiro atoms. The van der Waals surface area contributed by atoms with E-state index >= 15 is 0 Å². The zero-order valence-electron chi connectivity index (χ0n) is 15.2. The van der Waals surface area contributed by atoms with E-state index in [-0.39, 0.29) is 12.1 Å². The minimum Gasteiger partial charge on any atom is -0.497 e. The van der Waals surface area contributed by atoms with Gasteiger partial charge in [0.15, 0.2) is 11.6 Å². The Hall–Kier alpha value is -2.64. The highest BCUT2D eigenvalue weighted by Crippen LogP contribution is 2.26. The number of amides is 1. The molecule has 0 aromatic carbocycles. The summed E-state index contributed by atoms with van der Waals surface area (Å²) in [6.45, 7) is 8.48. The molecule has 3 heterocycles. The van der Waals surface area contributed by atoms with Crippen LogP contribution in [0, 0.1) is 0 Å². The van der Waals surface area contributed by atoms with E-state index in [1.54, 1.807) is 24.3 Å². The molecule has 134 valence electrons. The van der Waals surface area contributed by atoms with Gasteiger partial charge < -0.3 is 14.0 Å². The standard InChI is InChI=1S/C17H23N5O3/c1-11-9-22-14(10-21(11)16(23)25-17(2,3)4)19-20-15(22)13-8-12(24-5)6-7-18-13/h6-8,11H,9-10H2,1-5H3. The summed E-state index contributed by atoms with van der Waals surface area (Å²) in [6, 6.07) is 3.56. The van der Waals surface area contributed by atoms with Crippen molar-refractivity contribution in [2.45, 2.75) is 52.4 Å². The number of ether oxygens (including phenoxy) is 2. The number of hydrogen-bond donors (Lipinski definition) is 0. The van der Waals surface area contributed by atoms with Gasteiger partial charge in [0.05, 0.1) is 19.7 Å². The molecule has 0 radical (unpaired) electrons. The zero-order valence-corrected chi connectivity index (χ0v) is 15.2. The summed E-state index contributed by atoms with van der Waals surface area (Å²) < 4.78 is 12.7. The van der Waals surface area contributed by atoms with Gasteiger partial charge in [-0.25, -0.2) is 4.79 Å². The van der Waals surface area contributed by atoms with Gasteiger partial charge in [-0.1, -0.05) is 0 Å². The number of hydrogen-bond acceptors (Lipinski definition) is 6. The molecule has 0 saturated heterocycles. The first-order valence-corrected chi connectivity index (χ1v) is 8.20. The van der Waals surface area contributed by atoms with Crippen molar-refractivity contribution in [3.63, 3.8) is 0 Å². The van der Waals surface area contributed by atoms with Crippen LogP contribution in [0.5, 0.6) is 5.75 Å². The molecule has 1 aliphatic rings. The van der Waals surface area contributed by atoms with Crippen LogP contribution in [0.3, 0.4) is 0 Å². The predicted octanol–water partition coefficient (Wildman–Crippen LogP) is 2.49. The molecule has 0 fully saturated rings. The average Bonchev–Trinajstić information content (AvgIpc) is 2.95. The van der Waals surface area contributed by atoms with Gasteiger partial charge in [-0.2, -0.15) is 0 Å². The maximum atomic E-state index is 12.4. The SMILES string of the molecule is COc1ccnc(-c2nnc3n2CC(C)N(C(=O)OC(C)(C)C)C3)c1. The normalized spacial score (nSPS) is 17.2. The fraction of sp³-hybridized carbons (Fsp3) is 0.529. The first-order valence-electron chi connectivity index (χ1n) is 8.20. The number of nitrogens with zero attached hydrogens (tertiary/aromatic N) is 5. The Morgan fingerprint density at radius 3 is 2.76 bits per heavy atom. The molecular weight excluding hydrogens is 322 g/mol. The summed E-state index contributed by atoms with van der Waals surface area (Å²) in [5, 5.41) is 8.50. The topological polar surface area (TPSA) is 82.4 Å². The first-order chi connectivity index (χ1) is 11.8. The molecule has 0 bridgehead atoms. The molecule has 8 heteroatoms. The Kier molecular flexibility index (Phi) is 4.36. The van der Waals surface area contributed by atoms with Crippen molar-refractivity contribution in [3.8, 4) is 17.3 Å². The van der Waals surface area contributed by atoms with Crippen molar-refractivity contribution >= 4 is 6.09 Å². The Morgan fingerprint density at radius 2 is 2.08 bits per heavy atom. The van der Waals surface area contributed by atoms with E-state index in [0.29, 0.717) is 36.2 Å². The molecule has 3 rings (SSSR count). The van der Waals surface area contributed by atoms with Crippen LogP contribution in [0.15, 0.2) is 18.3 Å². The van der Waals surface area contributed by atoms with Gasteiger partial charge in [0.25, 0.3) is 0 Å². The van der Waals surface area contributed by atoms with Crippen LogP contribution in [-0.4, -0.2) is 49.5 Å². The Balaban J connectivity index is 1.86. The highest BCUT2D eigenvalue weighted by Gasteiger charge is 2.33. The highest BCUT2D eigenvalue weighted by molar-refractivity contribution is 5.68. The second-order valence-electron chi connectivity index (χ2n) is 7.09. The molecule has 0 N–H and O–H groups in total. The lowest BCUT2D eigenvalue weighted by Crippen LogP contribution is -2.47. The summed E-state index contributed by atoms with van der Waals surface area (Å²) >= 11 is 0. The van der Waals surface area contributed by atoms with Crippen molar-refractivity contribution in [1.29, 1.82) is 0 Å². The molecule has 25 heavy (non-hydrogen) atoms. The lowest BCUT2D eigenvalue weighted by atomic mass is 10.2. The predicted molar refractivity (Wildman–Crippen MR) is 91.0 cm³/mol. The van der Waals surface area contributed by atoms with Gasteiger partial charge in [-0.05, 0) is 33.8 Å². The Morgan fingerprint density at radius 1 is 1.32 bits per heavy atom. The number of methoxy groups -OCH3 is 1. The van der Waals surface area contributed by atoms with Crippen LogP contribution in [0.25, 0.3) is 11.5 Å². The molecule has 0 aliphatic carbocycles. The van der Waals surface area contributed by atoms with Gasteiger partial charge in [0, 0.05) is 18.8 Å². The van der Waals surface area contributed by atoms with E-state index in [1.165, 1.54) is 0 Å². The molecule has 1 amide bonds. The average molecular weight is 345 g/mol. The molecule has 1 aliphatic heterocycles. The Bertz CT molecular complexity index is 781. The van der Waals surface area contributed by atoms with Crippen LogP contribution in [-0.2, 0) is 17.8 Å². The summed E-state index contributed by atoms with van der Waals surface area (Å²) in [5.41, 5.74) is 0.161. The van der Waals surface area contributed by atoms with Gasteiger partial charge in [0.1, 0.15) is 17.0 Å². The van der Waals surface area contributed by atoms with Crippen molar-refractivity contribution in [2.75, 3.05) is 7.11 Å². The minimum atomic E-state index is -0.530. The third-order valence-electron chi connectivity index (χ3n) is 3.94. The molecule has 2 aromatic heterocycles. The van der Waals surface area contributed by atoms with Crippen LogP contribution >= 0.6 is 0 Å². The van der Waals surface area contributed by atoms with E-state index < -0.39 is 5.60 Å². The van der Waals surface area contributed by atoms with Crippen molar-refractivity contribution < 1.29 is 14.3 Å². The number of pyridine rings is 1. The fourth-order valence-electron chi connectivity index (χ4n) is 2.73. The van der Waals surface area contributed by atoms with Gasteiger partial charge in [0.2, 0.25) is 0 Å². The van der Waals surface area contributed by atoms with E-state index in [0.717, 1.165) is 0 Å². The molecule has 8 nitrogen and oxygen atoms in total. The number of aromatic nitrogens is 4. The van der Waals surface area contributed by atoms with Crippen LogP contribution in [0.2, 0.25) is 0 Å². The number of fused-ring (bicyclic) bond motifs is 1. The van der Waals surface area contributed by atoms with Crippen molar-refractivity contribution in [1.82, 2.24) is 24.6 Å². The second kappa shape index (κ2) is 6.34. The number of carbonyl (C=O) groups is 1. The third-order valence-corrected chi connectivity index (χ3v) is 3.94. The molecule has 1 atom stereocenters. The molecular formula is C17H23N5O3. The summed E-state index contributed by atoms with van der Waals surface area (Å²) in [6.07, 6.45) is 1.34. The first kappa shape index (κ1) is 17.2. The second-order valence-corrected chi connectivity index (χ2v) is 7.09. The van der Waals surface area contributed by atoms with E-state index in [2.05, 4.69) is 15.2 Å². The van der Waals surface area contributed by atoms with E-state index in [1.807, 2.05) is 38.3 Å². The largest absolute Gasteiger partial charge is 0.497 e. The monoisotopic (exact) mass is 345 g/mol. The van der Waals surface area contributed by atoms with Gasteiger partial charge >= 0.3 is 6.09 Å². The lowest BCUT2D eigenvalue weighted by molar-refractivity contribution is 0.00942. The van der Waals surface area contributed by atoms with Crippen molar-refractivity contribution in [3.05, 3.63) is 24.2 Å². The molecule has 2 aromatic rings. The molecule has 1 unspecified atom stereocenters. The van der Waals surface area contributed by atoms with Crippen LogP contribution in [0.4, 0.5) is 4.79 Å². The zero-order chi connectivity index (χ0) is 18.2. The van der Waals surface area contributed by atoms with Gasteiger partial charge in [-0.3, -0.25) is 9.88 Å². The van der Waals surface area contributed by atoms with Crippen LogP contribution in [0.1, 0.15) is 33.5 Å². The maximum absolute atomic E-state index is 12.4. The summed E-state index contributed by atoms with van der Waals surface area (Å²) in [4.78, 5) is 18.4. The smallest absolute Gasteiger partial charge is 0.411 e. The summed E-state index contributed by atoms with van der Waals surface area (Å²) in [7, 11) is 1.61. The number of rotatable bonds is 2. The highest BCUT2D eigenvalue weighted by atomic mass is 16.6. The quantitative estimate of drug-likeness (QED) is 0.832. The van der Waals surface area contributed by atoms with E-state index in [9.17, 15) is 4.79 Å². The van der Waals surface area contributed by atoms with Gasteiger partial charge in [-0.15, -0.1) is 10.2 Å². The van der Waals surface area contributed by atoms with Crippen LogP contribution < -0.4 is 4.74 Å². The maximum Gasteiger partial charge on any atom is 0.411 e. The molecule has 0 saturated carbocycles. The van der Waals surface area contributed by atoms with E-state index in [4.69, 9.17) is 9.47 Å². The third kappa shape index (κ3) is 3.57. The Labute approximate surface area is 146 Å². The lowest BCUT2D eigenvalue weighted by Gasteiger charge is -2.35. The fourth-order valence-corrected chi connectivity index (χ4v) is 2.73. The minimum absolute atomic E-state index is 0.0392.